The van der Waals surface area contributed by atoms with Crippen molar-refractivity contribution in [2.45, 2.75) is 38.9 Å². The number of fused-ring (bicyclic) bond motifs is 3. The lowest BCUT2D eigenvalue weighted by atomic mass is 9.76. The third-order valence-corrected chi connectivity index (χ3v) is 6.69. The fraction of sp³-hybridized carbons (Fsp3) is 0.200. The van der Waals surface area contributed by atoms with E-state index in [1.165, 1.54) is 6.07 Å². The fourth-order valence-electron chi connectivity index (χ4n) is 4.23. The number of rotatable bonds is 3. The van der Waals surface area contributed by atoms with Gasteiger partial charge in [0.1, 0.15) is 11.2 Å². The third kappa shape index (κ3) is 3.29. The normalized spacial score (nSPS) is 21.1. The lowest BCUT2D eigenvalue weighted by molar-refractivity contribution is 0.00578. The van der Waals surface area contributed by atoms with Crippen LogP contribution in [-0.2, 0) is 9.31 Å². The van der Waals surface area contributed by atoms with Gasteiger partial charge < -0.3 is 13.7 Å². The number of benzene rings is 4. The molecule has 0 radical (unpaired) electrons. The molecule has 0 atom stereocenters. The van der Waals surface area contributed by atoms with Crippen molar-refractivity contribution in [1.29, 1.82) is 0 Å². The van der Waals surface area contributed by atoms with Gasteiger partial charge in [-0.2, -0.15) is 0 Å². The molecule has 1 aliphatic rings. The molecule has 0 saturated carbocycles. The van der Waals surface area contributed by atoms with Gasteiger partial charge in [0.05, 0.1) is 24.9 Å². The van der Waals surface area contributed by atoms with Crippen LogP contribution in [0.4, 0.5) is 0 Å². The molecule has 0 N–H and O–H groups in total. The Kier molecular flexibility index (Phi) is 2.89. The summed E-state index contributed by atoms with van der Waals surface area (Å²) in [7, 11) is -0.807. The minimum atomic E-state index is -0.807. The minimum Gasteiger partial charge on any atom is -0.455 e. The molecule has 6 rings (SSSR count). The van der Waals surface area contributed by atoms with Crippen LogP contribution in [0.1, 0.15) is 41.4 Å². The van der Waals surface area contributed by atoms with Crippen LogP contribution in [0.15, 0.2) is 95.2 Å². The van der Waals surface area contributed by atoms with Crippen molar-refractivity contribution >= 4 is 34.5 Å². The molecule has 1 fully saturated rings. The van der Waals surface area contributed by atoms with Crippen LogP contribution in [0.3, 0.4) is 0 Å². The molecule has 3 nitrogen and oxygen atoms in total. The first-order chi connectivity index (χ1) is 20.5. The molecular weight excluding hydrogens is 419 g/mol. The van der Waals surface area contributed by atoms with Crippen molar-refractivity contribution in [2.24, 2.45) is 0 Å². The largest absolute Gasteiger partial charge is 0.495 e. The van der Waals surface area contributed by atoms with Crippen molar-refractivity contribution in [3.63, 3.8) is 0 Å². The number of hydrogen-bond acceptors (Lipinski definition) is 3. The van der Waals surface area contributed by atoms with E-state index in [0.717, 1.165) is 0 Å². The zero-order chi connectivity index (χ0) is 32.2. The Bertz CT molecular complexity index is 1980. The van der Waals surface area contributed by atoms with E-state index in [2.05, 4.69) is 0 Å². The molecule has 0 amide bonds. The molecule has 4 aromatic carbocycles. The van der Waals surface area contributed by atoms with Gasteiger partial charge in [0, 0.05) is 16.3 Å². The van der Waals surface area contributed by atoms with E-state index in [9.17, 15) is 0 Å². The first-order valence-electron chi connectivity index (χ1n) is 16.0. The summed E-state index contributed by atoms with van der Waals surface area (Å²) in [5.74, 6) is 0. The van der Waals surface area contributed by atoms with Crippen LogP contribution >= 0.6 is 0 Å². The van der Waals surface area contributed by atoms with Crippen molar-refractivity contribution in [3.05, 3.63) is 90.8 Å². The topological polar surface area (TPSA) is 31.6 Å². The summed E-state index contributed by atoms with van der Waals surface area (Å²) in [6.07, 6.45) is 0. The van der Waals surface area contributed by atoms with Gasteiger partial charge in [-0.25, -0.2) is 0 Å². The summed E-state index contributed by atoms with van der Waals surface area (Å²) < 4.78 is 103. The Balaban J connectivity index is 1.78. The molecule has 1 saturated heterocycles. The van der Waals surface area contributed by atoms with E-state index in [4.69, 9.17) is 27.4 Å². The zero-order valence-electron chi connectivity index (χ0n) is 29.2. The summed E-state index contributed by atoms with van der Waals surface area (Å²) in [6, 6.07) is 3.30. The predicted molar refractivity (Wildman–Crippen MR) is 140 cm³/mol. The van der Waals surface area contributed by atoms with Gasteiger partial charge in [-0.05, 0) is 68.0 Å². The SMILES string of the molecule is [2H]c1c([2H])c([2H])c(-c2cc(-c3c([2H])c([2H])c([2H])c([2H])c3[2H])c3oc4cccc(B5OC(C)(C)C(C)(C)O5)c4c3c2)c([2H])c1[2H]. The molecule has 1 aromatic heterocycles. The van der Waals surface area contributed by atoms with Crippen molar-refractivity contribution < 1.29 is 27.4 Å². The van der Waals surface area contributed by atoms with Crippen molar-refractivity contribution in [2.75, 3.05) is 0 Å². The maximum atomic E-state index is 8.69. The highest BCUT2D eigenvalue weighted by Crippen LogP contribution is 2.41. The Hall–Kier alpha value is -3.34. The van der Waals surface area contributed by atoms with Gasteiger partial charge in [-0.3, -0.25) is 0 Å². The molecule has 34 heavy (non-hydrogen) atoms. The molecule has 0 bridgehead atoms. The summed E-state index contributed by atoms with van der Waals surface area (Å²) in [4.78, 5) is 0. The smallest absolute Gasteiger partial charge is 0.455 e. The van der Waals surface area contributed by atoms with Crippen LogP contribution < -0.4 is 5.46 Å². The standard InChI is InChI=1S/C30H27BO3/c1-29(2)30(3,4)34-31(33-29)25-16-11-17-26-27(25)24-19-22(20-12-7-5-8-13-20)18-23(28(24)32-26)21-14-9-6-10-15-21/h5-19H,1-4H3/i5D,6D,7D,8D,9D,10D,12D,13D,14D,15D. The quantitative estimate of drug-likeness (QED) is 0.269. The second kappa shape index (κ2) is 7.59. The first kappa shape index (κ1) is 12.9. The van der Waals surface area contributed by atoms with Crippen LogP contribution in [0, 0.1) is 0 Å². The number of furan rings is 1. The Morgan fingerprint density at radius 2 is 1.35 bits per heavy atom. The second-order valence-corrected chi connectivity index (χ2v) is 9.31. The average molecular weight is 456 g/mol. The molecule has 0 unspecified atom stereocenters. The first-order valence-corrected chi connectivity index (χ1v) is 11.0. The van der Waals surface area contributed by atoms with Gasteiger partial charge in [0.15, 0.2) is 0 Å². The summed E-state index contributed by atoms with van der Waals surface area (Å²) in [5, 5.41) is 0.986. The predicted octanol–water partition coefficient (Wildman–Crippen LogP) is 7.22. The Morgan fingerprint density at radius 3 is 2.00 bits per heavy atom. The lowest BCUT2D eigenvalue weighted by Crippen LogP contribution is -2.41. The maximum absolute atomic E-state index is 8.69. The third-order valence-electron chi connectivity index (χ3n) is 6.69. The van der Waals surface area contributed by atoms with E-state index in [0.29, 0.717) is 21.8 Å². The average Bonchev–Trinajstić information content (AvgIpc) is 3.45. The van der Waals surface area contributed by atoms with Gasteiger partial charge in [-0.1, -0.05) is 72.6 Å². The monoisotopic (exact) mass is 456 g/mol. The molecule has 0 spiro atoms. The highest BCUT2D eigenvalue weighted by Gasteiger charge is 2.52. The van der Waals surface area contributed by atoms with E-state index in [-0.39, 0.29) is 27.8 Å². The van der Waals surface area contributed by atoms with Crippen LogP contribution in [0.2, 0.25) is 0 Å². The molecular formula is C30H27BO3. The van der Waals surface area contributed by atoms with Crippen molar-refractivity contribution in [1.82, 2.24) is 0 Å². The van der Waals surface area contributed by atoms with Crippen LogP contribution in [-0.4, -0.2) is 18.3 Å². The van der Waals surface area contributed by atoms with Gasteiger partial charge in [0.2, 0.25) is 0 Å². The number of hydrogen-bond donors (Lipinski definition) is 0. The van der Waals surface area contributed by atoms with E-state index in [1.807, 2.05) is 33.8 Å². The minimum absolute atomic E-state index is 0.103. The van der Waals surface area contributed by atoms with Gasteiger partial charge in [0.25, 0.3) is 0 Å². The molecule has 4 heteroatoms. The Morgan fingerprint density at radius 1 is 0.735 bits per heavy atom. The van der Waals surface area contributed by atoms with Crippen LogP contribution in [0.25, 0.3) is 44.2 Å². The summed E-state index contributed by atoms with van der Waals surface area (Å²) in [5.41, 5.74) is -0.0598. The van der Waals surface area contributed by atoms with Crippen LogP contribution in [0.5, 0.6) is 0 Å². The fourth-order valence-corrected chi connectivity index (χ4v) is 4.23. The van der Waals surface area contributed by atoms with Gasteiger partial charge in [-0.15, -0.1) is 0 Å². The highest BCUT2D eigenvalue weighted by molar-refractivity contribution is 6.66. The second-order valence-electron chi connectivity index (χ2n) is 9.31. The van der Waals surface area contributed by atoms with Gasteiger partial charge >= 0.3 is 7.12 Å². The Labute approximate surface area is 214 Å². The van der Waals surface area contributed by atoms with E-state index < -0.39 is 78.7 Å². The lowest BCUT2D eigenvalue weighted by Gasteiger charge is -2.32. The molecule has 5 aromatic rings. The molecule has 1 aliphatic heterocycles. The van der Waals surface area contributed by atoms with E-state index in [1.54, 1.807) is 18.2 Å². The van der Waals surface area contributed by atoms with Crippen molar-refractivity contribution in [3.8, 4) is 22.3 Å². The molecule has 2 heterocycles. The van der Waals surface area contributed by atoms with E-state index >= 15 is 0 Å². The summed E-state index contributed by atoms with van der Waals surface area (Å²) in [6.45, 7) is 7.70. The highest BCUT2D eigenvalue weighted by atomic mass is 16.7. The molecule has 168 valence electrons. The summed E-state index contributed by atoms with van der Waals surface area (Å²) >= 11 is 0. The maximum Gasteiger partial charge on any atom is 0.495 e. The molecule has 0 aliphatic carbocycles. The zero-order valence-corrected chi connectivity index (χ0v) is 19.2.